The third-order valence-corrected chi connectivity index (χ3v) is 3.36. The predicted molar refractivity (Wildman–Crippen MR) is 66.8 cm³/mol. The highest BCUT2D eigenvalue weighted by Gasteiger charge is 2.22. The number of halogens is 1. The molecular formula is C13H15ClN2. The first-order valence-corrected chi connectivity index (χ1v) is 6.00. The minimum absolute atomic E-state index is 0.658. The summed E-state index contributed by atoms with van der Waals surface area (Å²) >= 11 is 6.14. The van der Waals surface area contributed by atoms with Gasteiger partial charge in [0.1, 0.15) is 6.07 Å². The summed E-state index contributed by atoms with van der Waals surface area (Å²) in [6.07, 6.45) is 3.93. The van der Waals surface area contributed by atoms with E-state index in [1.165, 1.54) is 19.3 Å². The van der Waals surface area contributed by atoms with Crippen LogP contribution >= 0.6 is 11.6 Å². The lowest BCUT2D eigenvalue weighted by Crippen LogP contribution is -2.20. The Morgan fingerprint density at radius 3 is 2.88 bits per heavy atom. The van der Waals surface area contributed by atoms with Gasteiger partial charge in [0.15, 0.2) is 0 Å². The lowest BCUT2D eigenvalue weighted by Gasteiger charge is -2.21. The van der Waals surface area contributed by atoms with Crippen molar-refractivity contribution in [3.05, 3.63) is 28.8 Å². The van der Waals surface area contributed by atoms with Crippen LogP contribution in [-0.4, -0.2) is 13.6 Å². The normalized spacial score (nSPS) is 14.6. The van der Waals surface area contributed by atoms with Gasteiger partial charge in [0.05, 0.1) is 16.3 Å². The molecule has 1 saturated carbocycles. The highest BCUT2D eigenvalue weighted by atomic mass is 35.5. The maximum Gasteiger partial charge on any atom is 0.101 e. The van der Waals surface area contributed by atoms with Crippen molar-refractivity contribution < 1.29 is 0 Å². The van der Waals surface area contributed by atoms with Gasteiger partial charge >= 0.3 is 0 Å². The van der Waals surface area contributed by atoms with Gasteiger partial charge < -0.3 is 4.90 Å². The molecule has 0 heterocycles. The second kappa shape index (κ2) is 4.76. The van der Waals surface area contributed by atoms with Gasteiger partial charge in [0.2, 0.25) is 0 Å². The number of hydrogen-bond acceptors (Lipinski definition) is 2. The zero-order valence-electron chi connectivity index (χ0n) is 9.41. The summed E-state index contributed by atoms with van der Waals surface area (Å²) < 4.78 is 0. The fourth-order valence-electron chi connectivity index (χ4n) is 1.89. The number of nitriles is 1. The molecule has 1 fully saturated rings. The molecule has 0 saturated heterocycles. The molecule has 1 aliphatic rings. The molecule has 0 amide bonds. The first kappa shape index (κ1) is 11.3. The molecule has 0 spiro atoms. The van der Waals surface area contributed by atoms with Gasteiger partial charge in [-0.15, -0.1) is 0 Å². The summed E-state index contributed by atoms with van der Waals surface area (Å²) in [5.41, 5.74) is 1.53. The van der Waals surface area contributed by atoms with Crippen molar-refractivity contribution in [2.24, 2.45) is 5.92 Å². The Morgan fingerprint density at radius 2 is 2.25 bits per heavy atom. The van der Waals surface area contributed by atoms with E-state index in [-0.39, 0.29) is 0 Å². The van der Waals surface area contributed by atoms with Crippen molar-refractivity contribution in [1.82, 2.24) is 0 Å². The summed E-state index contributed by atoms with van der Waals surface area (Å²) in [5.74, 6) is 0.899. The van der Waals surface area contributed by atoms with Crippen LogP contribution in [0.5, 0.6) is 0 Å². The summed E-state index contributed by atoms with van der Waals surface area (Å²) in [6.45, 7) is 0.975. The maximum absolute atomic E-state index is 9.05. The van der Waals surface area contributed by atoms with Gasteiger partial charge in [-0.05, 0) is 24.5 Å². The first-order chi connectivity index (χ1) is 7.72. The second-order valence-corrected chi connectivity index (χ2v) is 4.81. The van der Waals surface area contributed by atoms with Crippen LogP contribution in [0.2, 0.25) is 5.02 Å². The lowest BCUT2D eigenvalue weighted by atomic mass is 10.1. The third kappa shape index (κ3) is 2.48. The van der Waals surface area contributed by atoms with Gasteiger partial charge in [0.25, 0.3) is 0 Å². The molecular weight excluding hydrogens is 220 g/mol. The van der Waals surface area contributed by atoms with Crippen molar-refractivity contribution >= 4 is 17.3 Å². The van der Waals surface area contributed by atoms with E-state index in [0.717, 1.165) is 18.2 Å². The molecule has 0 aliphatic heterocycles. The largest absolute Gasteiger partial charge is 0.372 e. The fourth-order valence-corrected chi connectivity index (χ4v) is 2.21. The van der Waals surface area contributed by atoms with Crippen LogP contribution in [0.3, 0.4) is 0 Å². The van der Waals surface area contributed by atoms with E-state index in [9.17, 15) is 0 Å². The first-order valence-electron chi connectivity index (χ1n) is 5.62. The van der Waals surface area contributed by atoms with Crippen molar-refractivity contribution in [2.75, 3.05) is 18.5 Å². The molecule has 1 aromatic carbocycles. The Bertz CT molecular complexity index is 418. The molecule has 0 aromatic heterocycles. The zero-order chi connectivity index (χ0) is 11.5. The average molecular weight is 235 g/mol. The Kier molecular flexibility index (Phi) is 3.36. The van der Waals surface area contributed by atoms with Crippen LogP contribution in [-0.2, 0) is 0 Å². The topological polar surface area (TPSA) is 27.0 Å². The Labute approximate surface area is 101 Å². The number of benzene rings is 1. The van der Waals surface area contributed by atoms with Crippen LogP contribution < -0.4 is 4.90 Å². The molecule has 2 rings (SSSR count). The summed E-state index contributed by atoms with van der Waals surface area (Å²) in [5, 5.41) is 9.71. The Hall–Kier alpha value is -1.20. The van der Waals surface area contributed by atoms with Crippen molar-refractivity contribution in [2.45, 2.75) is 19.3 Å². The van der Waals surface area contributed by atoms with E-state index in [4.69, 9.17) is 16.9 Å². The van der Waals surface area contributed by atoms with E-state index < -0.39 is 0 Å². The smallest absolute Gasteiger partial charge is 0.101 e. The number of rotatable bonds is 4. The fraction of sp³-hybridized carbons (Fsp3) is 0.462. The summed E-state index contributed by atoms with van der Waals surface area (Å²) in [6, 6.07) is 7.67. The van der Waals surface area contributed by atoms with Crippen LogP contribution in [0.25, 0.3) is 0 Å². The Balaban J connectivity index is 2.13. The monoisotopic (exact) mass is 234 g/mol. The van der Waals surface area contributed by atoms with Gasteiger partial charge in [-0.25, -0.2) is 0 Å². The summed E-state index contributed by atoms with van der Waals surface area (Å²) in [4.78, 5) is 2.10. The zero-order valence-corrected chi connectivity index (χ0v) is 10.2. The SMILES string of the molecule is CN(CCC1CC1)c1c(Cl)cccc1C#N. The average Bonchev–Trinajstić information content (AvgIpc) is 3.09. The lowest BCUT2D eigenvalue weighted by molar-refractivity contribution is 0.710. The van der Waals surface area contributed by atoms with E-state index in [1.54, 1.807) is 0 Å². The molecule has 16 heavy (non-hydrogen) atoms. The van der Waals surface area contributed by atoms with Crippen molar-refractivity contribution in [3.8, 4) is 6.07 Å². The predicted octanol–water partition coefficient (Wildman–Crippen LogP) is 3.45. The quantitative estimate of drug-likeness (QED) is 0.798. The van der Waals surface area contributed by atoms with E-state index in [2.05, 4.69) is 11.0 Å². The Morgan fingerprint density at radius 1 is 1.50 bits per heavy atom. The van der Waals surface area contributed by atoms with Crippen molar-refractivity contribution in [3.63, 3.8) is 0 Å². The highest BCUT2D eigenvalue weighted by molar-refractivity contribution is 6.33. The summed E-state index contributed by atoms with van der Waals surface area (Å²) in [7, 11) is 2.00. The molecule has 0 N–H and O–H groups in total. The van der Waals surface area contributed by atoms with Gasteiger partial charge in [0, 0.05) is 13.6 Å². The van der Waals surface area contributed by atoms with E-state index in [0.29, 0.717) is 10.6 Å². The molecule has 1 aliphatic carbocycles. The molecule has 0 radical (unpaired) electrons. The van der Waals surface area contributed by atoms with Gasteiger partial charge in [-0.1, -0.05) is 30.5 Å². The number of para-hydroxylation sites is 1. The number of nitrogens with zero attached hydrogens (tertiary/aromatic N) is 2. The number of hydrogen-bond donors (Lipinski definition) is 0. The third-order valence-electron chi connectivity index (χ3n) is 3.06. The second-order valence-electron chi connectivity index (χ2n) is 4.40. The highest BCUT2D eigenvalue weighted by Crippen LogP contribution is 2.34. The maximum atomic E-state index is 9.05. The van der Waals surface area contributed by atoms with Crippen LogP contribution in [0, 0.1) is 17.2 Å². The molecule has 84 valence electrons. The molecule has 0 bridgehead atoms. The molecule has 3 heteroatoms. The minimum Gasteiger partial charge on any atom is -0.372 e. The van der Waals surface area contributed by atoms with E-state index in [1.807, 2.05) is 25.2 Å². The molecule has 2 nitrogen and oxygen atoms in total. The van der Waals surface area contributed by atoms with Crippen molar-refractivity contribution in [1.29, 1.82) is 5.26 Å². The number of anilines is 1. The standard InChI is InChI=1S/C13H15ClN2/c1-16(8-7-10-5-6-10)13-11(9-15)3-2-4-12(13)14/h2-4,10H,5-8H2,1H3. The van der Waals surface area contributed by atoms with E-state index >= 15 is 0 Å². The van der Waals surface area contributed by atoms with Gasteiger partial charge in [-0.3, -0.25) is 0 Å². The van der Waals surface area contributed by atoms with Crippen LogP contribution in [0.15, 0.2) is 18.2 Å². The van der Waals surface area contributed by atoms with Crippen LogP contribution in [0.4, 0.5) is 5.69 Å². The van der Waals surface area contributed by atoms with Gasteiger partial charge in [-0.2, -0.15) is 5.26 Å². The molecule has 0 unspecified atom stereocenters. The minimum atomic E-state index is 0.658. The van der Waals surface area contributed by atoms with Crippen LogP contribution in [0.1, 0.15) is 24.8 Å². The molecule has 1 aromatic rings. The molecule has 0 atom stereocenters.